The number of benzene rings is 1. The molecule has 0 heterocycles. The van der Waals surface area contributed by atoms with E-state index < -0.39 is 0 Å². The van der Waals surface area contributed by atoms with Crippen LogP contribution in [0, 0.1) is 0 Å². The molecule has 102 valence electrons. The third kappa shape index (κ3) is 3.28. The molecule has 0 fully saturated rings. The number of methoxy groups -OCH3 is 1. The summed E-state index contributed by atoms with van der Waals surface area (Å²) in [6, 6.07) is 8.46. The first-order chi connectivity index (χ1) is 9.28. The topological polar surface area (TPSA) is 9.23 Å². The summed E-state index contributed by atoms with van der Waals surface area (Å²) in [6.07, 6.45) is 8.50. The first kappa shape index (κ1) is 13.9. The van der Waals surface area contributed by atoms with E-state index in [0.29, 0.717) is 0 Å². The minimum absolute atomic E-state index is 0.928. The highest BCUT2D eigenvalue weighted by molar-refractivity contribution is 5.80. The molecule has 0 bridgehead atoms. The summed E-state index contributed by atoms with van der Waals surface area (Å²) < 4.78 is 5.23. The first-order valence-corrected chi connectivity index (χ1v) is 7.34. The number of rotatable bonds is 6. The van der Waals surface area contributed by atoms with Crippen LogP contribution in [0.3, 0.4) is 0 Å². The molecule has 1 aromatic rings. The lowest BCUT2D eigenvalue weighted by Crippen LogP contribution is -1.87. The quantitative estimate of drug-likeness (QED) is 0.664. The molecule has 1 nitrogen and oxygen atoms in total. The maximum atomic E-state index is 5.23. The van der Waals surface area contributed by atoms with Crippen molar-refractivity contribution in [1.82, 2.24) is 0 Å². The van der Waals surface area contributed by atoms with Gasteiger partial charge in [0.05, 0.1) is 7.11 Å². The molecule has 0 saturated heterocycles. The van der Waals surface area contributed by atoms with Gasteiger partial charge in [0.25, 0.3) is 0 Å². The molecular formula is C18H24O. The third-order valence-corrected chi connectivity index (χ3v) is 3.69. The van der Waals surface area contributed by atoms with Gasteiger partial charge in [0.2, 0.25) is 0 Å². The van der Waals surface area contributed by atoms with Gasteiger partial charge in [-0.15, -0.1) is 0 Å². The maximum Gasteiger partial charge on any atom is 0.118 e. The Balaban J connectivity index is 2.27. The summed E-state index contributed by atoms with van der Waals surface area (Å²) in [5, 5.41) is 0. The van der Waals surface area contributed by atoms with Crippen molar-refractivity contribution < 1.29 is 4.74 Å². The van der Waals surface area contributed by atoms with Gasteiger partial charge in [0, 0.05) is 0 Å². The zero-order valence-corrected chi connectivity index (χ0v) is 12.3. The molecular weight excluding hydrogens is 232 g/mol. The van der Waals surface area contributed by atoms with Gasteiger partial charge in [-0.3, -0.25) is 0 Å². The molecule has 0 amide bonds. The van der Waals surface area contributed by atoms with Gasteiger partial charge in [-0.25, -0.2) is 0 Å². The van der Waals surface area contributed by atoms with Crippen molar-refractivity contribution in [2.24, 2.45) is 0 Å². The van der Waals surface area contributed by atoms with Gasteiger partial charge in [0.1, 0.15) is 5.75 Å². The van der Waals surface area contributed by atoms with Gasteiger partial charge >= 0.3 is 0 Å². The SMILES string of the molecule is CCCC1=CC(c2ccc(OC)cc2)=C(CCC)C1. The lowest BCUT2D eigenvalue weighted by Gasteiger charge is -2.07. The fourth-order valence-corrected chi connectivity index (χ4v) is 2.79. The van der Waals surface area contributed by atoms with Crippen molar-refractivity contribution in [3.63, 3.8) is 0 Å². The first-order valence-electron chi connectivity index (χ1n) is 7.34. The monoisotopic (exact) mass is 256 g/mol. The smallest absolute Gasteiger partial charge is 0.118 e. The molecule has 0 saturated carbocycles. The summed E-state index contributed by atoms with van der Waals surface area (Å²) in [6.45, 7) is 4.52. The number of allylic oxidation sites excluding steroid dienone is 4. The van der Waals surface area contributed by atoms with Gasteiger partial charge in [0.15, 0.2) is 0 Å². The predicted octanol–water partition coefficient (Wildman–Crippen LogP) is 5.38. The van der Waals surface area contributed by atoms with Gasteiger partial charge in [-0.1, -0.05) is 56.0 Å². The molecule has 0 radical (unpaired) electrons. The number of ether oxygens (including phenoxy) is 1. The number of hydrogen-bond donors (Lipinski definition) is 0. The second kappa shape index (κ2) is 6.60. The molecule has 2 rings (SSSR count). The number of hydrogen-bond acceptors (Lipinski definition) is 1. The normalized spacial score (nSPS) is 14.8. The molecule has 0 unspecified atom stereocenters. The Kier molecular flexibility index (Phi) is 4.84. The van der Waals surface area contributed by atoms with E-state index in [2.05, 4.69) is 44.2 Å². The summed E-state index contributed by atoms with van der Waals surface area (Å²) in [5.41, 5.74) is 5.98. The van der Waals surface area contributed by atoms with E-state index in [1.165, 1.54) is 43.2 Å². The Morgan fingerprint density at radius 1 is 1.00 bits per heavy atom. The molecule has 1 aromatic carbocycles. The van der Waals surface area contributed by atoms with Crippen LogP contribution in [-0.2, 0) is 0 Å². The van der Waals surface area contributed by atoms with Crippen LogP contribution in [0.1, 0.15) is 51.5 Å². The van der Waals surface area contributed by atoms with Crippen molar-refractivity contribution in [1.29, 1.82) is 0 Å². The lowest BCUT2D eigenvalue weighted by atomic mass is 9.99. The maximum absolute atomic E-state index is 5.23. The molecule has 1 aliphatic rings. The van der Waals surface area contributed by atoms with Crippen LogP contribution < -0.4 is 4.74 Å². The molecule has 0 N–H and O–H groups in total. The standard InChI is InChI=1S/C18H24O/c1-4-6-14-12-16(7-5-2)18(13-14)15-8-10-17(19-3)11-9-15/h8-11,13H,4-7,12H2,1-3H3. The van der Waals surface area contributed by atoms with Gasteiger partial charge in [-0.05, 0) is 42.5 Å². The highest BCUT2D eigenvalue weighted by Crippen LogP contribution is 2.37. The molecule has 0 atom stereocenters. The Morgan fingerprint density at radius 3 is 2.26 bits per heavy atom. The van der Waals surface area contributed by atoms with Crippen molar-refractivity contribution >= 4 is 5.57 Å². The van der Waals surface area contributed by atoms with E-state index in [1.807, 2.05) is 0 Å². The molecule has 1 heteroatoms. The molecule has 1 aliphatic carbocycles. The Bertz CT molecular complexity index is 477. The summed E-state index contributed by atoms with van der Waals surface area (Å²) in [4.78, 5) is 0. The second-order valence-corrected chi connectivity index (χ2v) is 5.23. The van der Waals surface area contributed by atoms with Crippen LogP contribution in [-0.4, -0.2) is 7.11 Å². The van der Waals surface area contributed by atoms with Gasteiger partial charge in [-0.2, -0.15) is 0 Å². The summed E-state index contributed by atoms with van der Waals surface area (Å²) in [5.74, 6) is 0.928. The highest BCUT2D eigenvalue weighted by Gasteiger charge is 2.16. The second-order valence-electron chi connectivity index (χ2n) is 5.23. The zero-order chi connectivity index (χ0) is 13.7. The predicted molar refractivity (Wildman–Crippen MR) is 82.4 cm³/mol. The van der Waals surface area contributed by atoms with E-state index in [-0.39, 0.29) is 0 Å². The van der Waals surface area contributed by atoms with E-state index in [1.54, 1.807) is 18.3 Å². The van der Waals surface area contributed by atoms with E-state index >= 15 is 0 Å². The van der Waals surface area contributed by atoms with Crippen LogP contribution in [0.25, 0.3) is 5.57 Å². The highest BCUT2D eigenvalue weighted by atomic mass is 16.5. The molecule has 19 heavy (non-hydrogen) atoms. The minimum atomic E-state index is 0.928. The molecule has 0 spiro atoms. The Morgan fingerprint density at radius 2 is 1.68 bits per heavy atom. The zero-order valence-electron chi connectivity index (χ0n) is 12.3. The molecule has 0 aromatic heterocycles. The fourth-order valence-electron chi connectivity index (χ4n) is 2.79. The van der Waals surface area contributed by atoms with Crippen molar-refractivity contribution in [3.05, 3.63) is 47.1 Å². The van der Waals surface area contributed by atoms with Crippen molar-refractivity contribution in [3.8, 4) is 5.75 Å². The van der Waals surface area contributed by atoms with Crippen LogP contribution >= 0.6 is 0 Å². The largest absolute Gasteiger partial charge is 0.497 e. The van der Waals surface area contributed by atoms with Crippen LogP contribution in [0.5, 0.6) is 5.75 Å². The van der Waals surface area contributed by atoms with Crippen molar-refractivity contribution in [2.75, 3.05) is 7.11 Å². The van der Waals surface area contributed by atoms with E-state index in [0.717, 1.165) is 5.75 Å². The van der Waals surface area contributed by atoms with Crippen LogP contribution in [0.4, 0.5) is 0 Å². The minimum Gasteiger partial charge on any atom is -0.497 e. The summed E-state index contributed by atoms with van der Waals surface area (Å²) in [7, 11) is 1.71. The van der Waals surface area contributed by atoms with Gasteiger partial charge < -0.3 is 4.74 Å². The van der Waals surface area contributed by atoms with E-state index in [4.69, 9.17) is 4.74 Å². The average molecular weight is 256 g/mol. The van der Waals surface area contributed by atoms with Crippen LogP contribution in [0.15, 0.2) is 41.5 Å². The Labute approximate surface area is 117 Å². The lowest BCUT2D eigenvalue weighted by molar-refractivity contribution is 0.415. The fraction of sp³-hybridized carbons (Fsp3) is 0.444. The molecule has 0 aliphatic heterocycles. The average Bonchev–Trinajstić information content (AvgIpc) is 2.83. The summed E-state index contributed by atoms with van der Waals surface area (Å²) >= 11 is 0. The van der Waals surface area contributed by atoms with Crippen LogP contribution in [0.2, 0.25) is 0 Å². The Hall–Kier alpha value is -1.50. The van der Waals surface area contributed by atoms with E-state index in [9.17, 15) is 0 Å². The van der Waals surface area contributed by atoms with Crippen molar-refractivity contribution in [2.45, 2.75) is 46.0 Å². The third-order valence-electron chi connectivity index (χ3n) is 3.69.